The Kier molecular flexibility index (Phi) is 6.89. The molecule has 1 aromatic carbocycles. The van der Waals surface area contributed by atoms with E-state index in [2.05, 4.69) is 0 Å². The van der Waals surface area contributed by atoms with Gasteiger partial charge < -0.3 is 25.4 Å². The van der Waals surface area contributed by atoms with Crippen molar-refractivity contribution in [2.24, 2.45) is 5.73 Å². The third-order valence-corrected chi connectivity index (χ3v) is 5.22. The molecule has 1 unspecified atom stereocenters. The lowest BCUT2D eigenvalue weighted by Crippen LogP contribution is -2.31. The van der Waals surface area contributed by atoms with Crippen LogP contribution in [-0.4, -0.2) is 40.3 Å². The van der Waals surface area contributed by atoms with Crippen molar-refractivity contribution in [1.82, 2.24) is 0 Å². The summed E-state index contributed by atoms with van der Waals surface area (Å²) in [5.41, 5.74) is 6.35. The molecule has 4 N–H and O–H groups in total. The molecule has 29 heavy (non-hydrogen) atoms. The summed E-state index contributed by atoms with van der Waals surface area (Å²) in [4.78, 5) is 34.5. The molecule has 0 aliphatic rings. The molecule has 0 aliphatic carbocycles. The molecule has 0 saturated carbocycles. The normalized spacial score (nSPS) is 12.3. The standard InChI is InChI=1S/C19H20ClNO7S/c1-19(2,3)28-18(26)13(21)9-4-6-10(7-5-9)15-12(20)14(27-8-11(22)23)16(29-15)17(24)25/h4-7,13H,8,21H2,1-3H3,(H,22,23)(H,24,25). The van der Waals surface area contributed by atoms with Crippen LogP contribution in [0.3, 0.4) is 0 Å². The molecule has 0 radical (unpaired) electrons. The van der Waals surface area contributed by atoms with Crippen molar-refractivity contribution in [3.8, 4) is 16.2 Å². The molecule has 8 nitrogen and oxygen atoms in total. The Morgan fingerprint density at radius 2 is 1.76 bits per heavy atom. The number of ether oxygens (including phenoxy) is 2. The third kappa shape index (κ3) is 5.69. The quantitative estimate of drug-likeness (QED) is 0.554. The molecule has 0 spiro atoms. The SMILES string of the molecule is CC(C)(C)OC(=O)C(N)c1ccc(-c2sc(C(=O)O)c(OCC(=O)O)c2Cl)cc1. The second-order valence-corrected chi connectivity index (χ2v) is 8.42. The molecule has 0 bridgehead atoms. The van der Waals surface area contributed by atoms with Gasteiger partial charge in [0.2, 0.25) is 0 Å². The lowest BCUT2D eigenvalue weighted by atomic mass is 10.0. The Balaban J connectivity index is 2.32. The van der Waals surface area contributed by atoms with Crippen molar-refractivity contribution >= 4 is 40.8 Å². The number of carboxylic acid groups (broad SMARTS) is 2. The second kappa shape index (κ2) is 8.81. The zero-order valence-electron chi connectivity index (χ0n) is 15.9. The van der Waals surface area contributed by atoms with Gasteiger partial charge in [-0.1, -0.05) is 35.9 Å². The molecule has 10 heteroatoms. The van der Waals surface area contributed by atoms with Crippen LogP contribution in [0.25, 0.3) is 10.4 Å². The summed E-state index contributed by atoms with van der Waals surface area (Å²) in [6, 6.07) is 5.50. The molecule has 156 valence electrons. The van der Waals surface area contributed by atoms with Crippen molar-refractivity contribution in [2.75, 3.05) is 6.61 Å². The number of thiophene rings is 1. The number of benzene rings is 1. The third-order valence-electron chi connectivity index (χ3n) is 3.54. The number of aromatic carboxylic acids is 1. The average Bonchev–Trinajstić information content (AvgIpc) is 2.94. The van der Waals surface area contributed by atoms with Crippen LogP contribution < -0.4 is 10.5 Å². The number of halogens is 1. The summed E-state index contributed by atoms with van der Waals surface area (Å²) in [5, 5.41) is 18.1. The van der Waals surface area contributed by atoms with E-state index in [0.29, 0.717) is 16.0 Å². The molecule has 1 aromatic heterocycles. The number of esters is 1. The Hall–Kier alpha value is -2.62. The summed E-state index contributed by atoms with van der Waals surface area (Å²) in [6.45, 7) is 4.50. The highest BCUT2D eigenvalue weighted by Crippen LogP contribution is 2.45. The number of rotatable bonds is 7. The van der Waals surface area contributed by atoms with Gasteiger partial charge in [0.15, 0.2) is 17.2 Å². The maximum absolute atomic E-state index is 12.1. The van der Waals surface area contributed by atoms with Crippen LogP contribution in [0.15, 0.2) is 24.3 Å². The number of aliphatic carboxylic acids is 1. The fraction of sp³-hybridized carbons (Fsp3) is 0.316. The number of carbonyl (C=O) groups excluding carboxylic acids is 1. The van der Waals surface area contributed by atoms with Crippen molar-refractivity contribution in [3.63, 3.8) is 0 Å². The topological polar surface area (TPSA) is 136 Å². The van der Waals surface area contributed by atoms with Gasteiger partial charge in [0.1, 0.15) is 16.7 Å². The average molecular weight is 442 g/mol. The highest BCUT2D eigenvalue weighted by molar-refractivity contribution is 7.18. The van der Waals surface area contributed by atoms with E-state index in [1.54, 1.807) is 45.0 Å². The van der Waals surface area contributed by atoms with Gasteiger partial charge in [-0.15, -0.1) is 11.3 Å². The van der Waals surface area contributed by atoms with Crippen LogP contribution in [0, 0.1) is 0 Å². The van der Waals surface area contributed by atoms with Crippen molar-refractivity contribution in [3.05, 3.63) is 39.7 Å². The molecule has 0 aliphatic heterocycles. The monoisotopic (exact) mass is 441 g/mol. The van der Waals surface area contributed by atoms with Gasteiger partial charge in [0, 0.05) is 0 Å². The summed E-state index contributed by atoms with van der Waals surface area (Å²) < 4.78 is 10.3. The number of hydrogen-bond acceptors (Lipinski definition) is 7. The maximum Gasteiger partial charge on any atom is 0.349 e. The van der Waals surface area contributed by atoms with Crippen LogP contribution in [0.2, 0.25) is 5.02 Å². The first-order valence-electron chi connectivity index (χ1n) is 8.39. The smallest absolute Gasteiger partial charge is 0.349 e. The van der Waals surface area contributed by atoms with Gasteiger partial charge in [-0.25, -0.2) is 14.4 Å². The van der Waals surface area contributed by atoms with E-state index in [9.17, 15) is 19.5 Å². The molecule has 0 amide bonds. The highest BCUT2D eigenvalue weighted by atomic mass is 35.5. The van der Waals surface area contributed by atoms with Crippen LogP contribution >= 0.6 is 22.9 Å². The summed E-state index contributed by atoms with van der Waals surface area (Å²) in [5.74, 6) is -3.31. The zero-order valence-corrected chi connectivity index (χ0v) is 17.5. The Labute approximate surface area is 175 Å². The second-order valence-electron chi connectivity index (χ2n) is 7.02. The first kappa shape index (κ1) is 22.7. The van der Waals surface area contributed by atoms with E-state index < -0.39 is 36.2 Å². The lowest BCUT2D eigenvalue weighted by Gasteiger charge is -2.22. The predicted octanol–water partition coefficient (Wildman–Crippen LogP) is 3.57. The first-order valence-corrected chi connectivity index (χ1v) is 9.59. The first-order chi connectivity index (χ1) is 13.4. The summed E-state index contributed by atoms with van der Waals surface area (Å²) in [7, 11) is 0. The van der Waals surface area contributed by atoms with Gasteiger partial charge in [0.05, 0.1) is 4.88 Å². The van der Waals surface area contributed by atoms with E-state index in [-0.39, 0.29) is 15.6 Å². The molecule has 1 atom stereocenters. The molecular formula is C19H20ClNO7S. The predicted molar refractivity (Wildman–Crippen MR) is 108 cm³/mol. The van der Waals surface area contributed by atoms with Crippen molar-refractivity contribution in [1.29, 1.82) is 0 Å². The summed E-state index contributed by atoms with van der Waals surface area (Å²) in [6.07, 6.45) is 0. The minimum absolute atomic E-state index is 0.00200. The van der Waals surface area contributed by atoms with Gasteiger partial charge in [-0.2, -0.15) is 0 Å². The van der Waals surface area contributed by atoms with Crippen molar-refractivity contribution in [2.45, 2.75) is 32.4 Å². The van der Waals surface area contributed by atoms with Crippen LogP contribution in [0.5, 0.6) is 5.75 Å². The number of nitrogens with two attached hydrogens (primary N) is 1. The minimum Gasteiger partial charge on any atom is -0.479 e. The summed E-state index contributed by atoms with van der Waals surface area (Å²) >= 11 is 7.10. The van der Waals surface area contributed by atoms with Crippen LogP contribution in [0.1, 0.15) is 42.0 Å². The molecular weight excluding hydrogens is 422 g/mol. The fourth-order valence-electron chi connectivity index (χ4n) is 2.33. The van der Waals surface area contributed by atoms with Gasteiger partial charge in [-0.05, 0) is 31.9 Å². The number of carbonyl (C=O) groups is 3. The van der Waals surface area contributed by atoms with Crippen LogP contribution in [-0.2, 0) is 14.3 Å². The van der Waals surface area contributed by atoms with E-state index in [0.717, 1.165) is 11.3 Å². The number of carboxylic acids is 2. The highest BCUT2D eigenvalue weighted by Gasteiger charge is 2.26. The van der Waals surface area contributed by atoms with E-state index in [1.807, 2.05) is 0 Å². The van der Waals surface area contributed by atoms with Crippen molar-refractivity contribution < 1.29 is 34.1 Å². The van der Waals surface area contributed by atoms with E-state index >= 15 is 0 Å². The van der Waals surface area contributed by atoms with Gasteiger partial charge >= 0.3 is 17.9 Å². The molecule has 2 aromatic rings. The van der Waals surface area contributed by atoms with Crippen LogP contribution in [0.4, 0.5) is 0 Å². The zero-order chi connectivity index (χ0) is 21.9. The molecule has 2 rings (SSSR count). The van der Waals surface area contributed by atoms with Gasteiger partial charge in [0.25, 0.3) is 0 Å². The lowest BCUT2D eigenvalue weighted by molar-refractivity contribution is -0.156. The Morgan fingerprint density at radius 1 is 1.17 bits per heavy atom. The van der Waals surface area contributed by atoms with E-state index in [1.165, 1.54) is 0 Å². The van der Waals surface area contributed by atoms with E-state index in [4.69, 9.17) is 31.9 Å². The largest absolute Gasteiger partial charge is 0.479 e. The Morgan fingerprint density at radius 3 is 2.24 bits per heavy atom. The fourth-order valence-corrected chi connectivity index (χ4v) is 3.74. The minimum atomic E-state index is -1.29. The van der Waals surface area contributed by atoms with Gasteiger partial charge in [-0.3, -0.25) is 0 Å². The molecule has 0 saturated heterocycles. The molecule has 0 fully saturated rings. The number of hydrogen-bond donors (Lipinski definition) is 3. The molecule has 1 heterocycles. The maximum atomic E-state index is 12.1. The Bertz CT molecular complexity index is 931.